The Hall–Kier alpha value is -2.56. The molecule has 2 aromatic heterocycles. The number of hydrogen-bond donors (Lipinski definition) is 1. The summed E-state index contributed by atoms with van der Waals surface area (Å²) < 4.78 is 7.50. The predicted octanol–water partition coefficient (Wildman–Crippen LogP) is 2.98. The molecule has 0 aliphatic heterocycles. The number of carbonyl (C=O) groups excluding carboxylic acids is 1. The number of amides is 1. The molecule has 5 heteroatoms. The number of para-hydroxylation sites is 2. The smallest absolute Gasteiger partial charge is 0.254 e. The summed E-state index contributed by atoms with van der Waals surface area (Å²) in [5.74, 6) is 2.25. The molecule has 0 saturated heterocycles. The van der Waals surface area contributed by atoms with Crippen molar-refractivity contribution in [3.63, 3.8) is 0 Å². The molecule has 22 heavy (non-hydrogen) atoms. The van der Waals surface area contributed by atoms with E-state index in [9.17, 15) is 4.79 Å². The van der Waals surface area contributed by atoms with Gasteiger partial charge in [-0.3, -0.25) is 4.79 Å². The molecule has 2 heterocycles. The number of benzene rings is 1. The van der Waals surface area contributed by atoms with Crippen molar-refractivity contribution in [3.8, 4) is 0 Å². The first-order chi connectivity index (χ1) is 10.6. The number of fused-ring (bicyclic) bond motifs is 1. The van der Waals surface area contributed by atoms with Gasteiger partial charge in [-0.1, -0.05) is 12.1 Å². The van der Waals surface area contributed by atoms with Gasteiger partial charge in [0.1, 0.15) is 17.3 Å². The second-order valence-electron chi connectivity index (χ2n) is 5.38. The van der Waals surface area contributed by atoms with E-state index < -0.39 is 0 Å². The number of carbonyl (C=O) groups is 1. The summed E-state index contributed by atoms with van der Waals surface area (Å²) in [6, 6.07) is 9.78. The predicted molar refractivity (Wildman–Crippen MR) is 85.0 cm³/mol. The highest BCUT2D eigenvalue weighted by atomic mass is 16.3. The monoisotopic (exact) mass is 297 g/mol. The van der Waals surface area contributed by atoms with Crippen molar-refractivity contribution in [1.82, 2.24) is 14.9 Å². The lowest BCUT2D eigenvalue weighted by molar-refractivity contribution is 0.0951. The lowest BCUT2D eigenvalue weighted by atomic mass is 10.2. The number of hydrogen-bond acceptors (Lipinski definition) is 3. The molecule has 0 bridgehead atoms. The van der Waals surface area contributed by atoms with E-state index in [1.807, 2.05) is 38.1 Å². The lowest BCUT2D eigenvalue weighted by Crippen LogP contribution is -2.27. The van der Waals surface area contributed by atoms with E-state index >= 15 is 0 Å². The molecule has 0 unspecified atom stereocenters. The van der Waals surface area contributed by atoms with Crippen molar-refractivity contribution < 1.29 is 9.21 Å². The molecule has 1 aromatic carbocycles. The summed E-state index contributed by atoms with van der Waals surface area (Å²) in [4.78, 5) is 16.7. The van der Waals surface area contributed by atoms with Gasteiger partial charge in [-0.25, -0.2) is 4.98 Å². The molecule has 3 aromatic rings. The molecule has 0 aliphatic rings. The van der Waals surface area contributed by atoms with E-state index in [1.54, 1.807) is 13.0 Å². The molecule has 0 atom stereocenters. The van der Waals surface area contributed by atoms with Crippen LogP contribution in [0.5, 0.6) is 0 Å². The van der Waals surface area contributed by atoms with Crippen LogP contribution >= 0.6 is 0 Å². The van der Waals surface area contributed by atoms with E-state index in [4.69, 9.17) is 4.42 Å². The van der Waals surface area contributed by atoms with Gasteiger partial charge in [0.05, 0.1) is 16.6 Å². The van der Waals surface area contributed by atoms with E-state index in [-0.39, 0.29) is 5.91 Å². The summed E-state index contributed by atoms with van der Waals surface area (Å²) in [6.07, 6.45) is 0. The van der Waals surface area contributed by atoms with Crippen LogP contribution in [0.1, 0.15) is 27.7 Å². The maximum absolute atomic E-state index is 12.2. The molecule has 0 radical (unpaired) electrons. The molecule has 0 saturated carbocycles. The number of aromatic nitrogens is 2. The highest BCUT2D eigenvalue weighted by Crippen LogP contribution is 2.15. The lowest BCUT2D eigenvalue weighted by Gasteiger charge is -2.08. The Kier molecular flexibility index (Phi) is 3.71. The number of rotatable bonds is 4. The van der Waals surface area contributed by atoms with Crippen molar-refractivity contribution in [3.05, 3.63) is 53.2 Å². The van der Waals surface area contributed by atoms with Gasteiger partial charge in [0, 0.05) is 13.1 Å². The first kappa shape index (κ1) is 14.4. The maximum atomic E-state index is 12.2. The molecule has 1 amide bonds. The van der Waals surface area contributed by atoms with Gasteiger partial charge in [-0.05, 0) is 39.0 Å². The summed E-state index contributed by atoms with van der Waals surface area (Å²) in [5.41, 5.74) is 2.67. The average molecular weight is 297 g/mol. The van der Waals surface area contributed by atoms with Crippen molar-refractivity contribution in [2.45, 2.75) is 27.3 Å². The summed E-state index contributed by atoms with van der Waals surface area (Å²) in [6.45, 7) is 6.85. The first-order valence-corrected chi connectivity index (χ1v) is 7.33. The molecular weight excluding hydrogens is 278 g/mol. The molecule has 5 nitrogen and oxygen atoms in total. The third kappa shape index (κ3) is 2.62. The quantitative estimate of drug-likeness (QED) is 0.805. The molecule has 0 spiro atoms. The minimum absolute atomic E-state index is 0.101. The van der Waals surface area contributed by atoms with Crippen LogP contribution in [0.15, 0.2) is 34.7 Å². The SMILES string of the molecule is Cc1cc(C(=O)NCCn2c(C)nc3ccccc32)c(C)o1. The van der Waals surface area contributed by atoms with E-state index in [1.165, 1.54) is 0 Å². The second-order valence-corrected chi connectivity index (χ2v) is 5.38. The second kappa shape index (κ2) is 5.67. The highest BCUT2D eigenvalue weighted by Gasteiger charge is 2.13. The van der Waals surface area contributed by atoms with Crippen LogP contribution in [-0.4, -0.2) is 22.0 Å². The Morgan fingerprint density at radius 2 is 2.05 bits per heavy atom. The average Bonchev–Trinajstić information content (AvgIpc) is 2.98. The van der Waals surface area contributed by atoms with Gasteiger partial charge in [-0.15, -0.1) is 0 Å². The van der Waals surface area contributed by atoms with Crippen molar-refractivity contribution >= 4 is 16.9 Å². The number of nitrogens with zero attached hydrogens (tertiary/aromatic N) is 2. The molecule has 0 fully saturated rings. The minimum Gasteiger partial charge on any atom is -0.466 e. The maximum Gasteiger partial charge on any atom is 0.254 e. The van der Waals surface area contributed by atoms with E-state index in [2.05, 4.69) is 14.9 Å². The summed E-state index contributed by atoms with van der Waals surface area (Å²) in [7, 11) is 0. The van der Waals surface area contributed by atoms with Crippen molar-refractivity contribution in [1.29, 1.82) is 0 Å². The van der Waals surface area contributed by atoms with Crippen molar-refractivity contribution in [2.24, 2.45) is 0 Å². The zero-order valence-corrected chi connectivity index (χ0v) is 13.0. The van der Waals surface area contributed by atoms with Gasteiger partial charge >= 0.3 is 0 Å². The Labute approximate surface area is 129 Å². The summed E-state index contributed by atoms with van der Waals surface area (Å²) in [5, 5.41) is 2.94. The molecule has 3 rings (SSSR count). The normalized spacial score (nSPS) is 11.0. The molecular formula is C17H19N3O2. The third-order valence-corrected chi connectivity index (χ3v) is 3.75. The van der Waals surface area contributed by atoms with Crippen LogP contribution in [0.3, 0.4) is 0 Å². The standard InChI is InChI=1S/C17H19N3O2/c1-11-10-14(12(2)22-11)17(21)18-8-9-20-13(3)19-15-6-4-5-7-16(15)20/h4-7,10H,8-9H2,1-3H3,(H,18,21). The Morgan fingerprint density at radius 1 is 1.27 bits per heavy atom. The van der Waals surface area contributed by atoms with Gasteiger partial charge in [-0.2, -0.15) is 0 Å². The minimum atomic E-state index is -0.101. The van der Waals surface area contributed by atoms with Gasteiger partial charge < -0.3 is 14.3 Å². The van der Waals surface area contributed by atoms with Gasteiger partial charge in [0.2, 0.25) is 0 Å². The van der Waals surface area contributed by atoms with Crippen LogP contribution in [0.25, 0.3) is 11.0 Å². The van der Waals surface area contributed by atoms with E-state index in [0.29, 0.717) is 24.4 Å². The fraction of sp³-hybridized carbons (Fsp3) is 0.294. The molecule has 0 aliphatic carbocycles. The van der Waals surface area contributed by atoms with E-state index in [0.717, 1.165) is 22.6 Å². The fourth-order valence-corrected chi connectivity index (χ4v) is 2.71. The number of nitrogens with one attached hydrogen (secondary N) is 1. The number of aryl methyl sites for hydroxylation is 3. The van der Waals surface area contributed by atoms with Crippen LogP contribution in [0.4, 0.5) is 0 Å². The topological polar surface area (TPSA) is 60.1 Å². The van der Waals surface area contributed by atoms with Gasteiger partial charge in [0.15, 0.2) is 0 Å². The fourth-order valence-electron chi connectivity index (χ4n) is 2.71. The number of imidazole rings is 1. The zero-order valence-electron chi connectivity index (χ0n) is 13.0. The highest BCUT2D eigenvalue weighted by molar-refractivity contribution is 5.95. The zero-order chi connectivity index (χ0) is 15.7. The Morgan fingerprint density at radius 3 is 2.77 bits per heavy atom. The van der Waals surface area contributed by atoms with Crippen LogP contribution in [0, 0.1) is 20.8 Å². The van der Waals surface area contributed by atoms with Crippen LogP contribution in [-0.2, 0) is 6.54 Å². The number of furan rings is 1. The molecule has 1 N–H and O–H groups in total. The first-order valence-electron chi connectivity index (χ1n) is 7.33. The third-order valence-electron chi connectivity index (χ3n) is 3.75. The molecule has 114 valence electrons. The van der Waals surface area contributed by atoms with Gasteiger partial charge in [0.25, 0.3) is 5.91 Å². The van der Waals surface area contributed by atoms with Crippen LogP contribution < -0.4 is 5.32 Å². The summed E-state index contributed by atoms with van der Waals surface area (Å²) >= 11 is 0. The van der Waals surface area contributed by atoms with Crippen LogP contribution in [0.2, 0.25) is 0 Å². The largest absolute Gasteiger partial charge is 0.466 e. The Bertz CT molecular complexity index is 830. The Balaban J connectivity index is 1.69. The van der Waals surface area contributed by atoms with Crippen molar-refractivity contribution in [2.75, 3.05) is 6.54 Å².